The SMILES string of the molecule is C=CCOc1c(C)c2c(c3c1CC1[C@H]4c5c(cc(C)c(OC)c5OCOC)C[C@@H](C(C#N)N1[C@H]3CC)N4C)OCO2. The maximum absolute atomic E-state index is 10.7. The lowest BCUT2D eigenvalue weighted by molar-refractivity contribution is -0.0745. The second-order valence-corrected chi connectivity index (χ2v) is 11.3. The molecule has 218 valence electrons. The summed E-state index contributed by atoms with van der Waals surface area (Å²) in [5, 5.41) is 10.7. The molecule has 0 amide bonds. The summed E-state index contributed by atoms with van der Waals surface area (Å²) in [5.74, 6) is 3.80. The van der Waals surface area contributed by atoms with E-state index in [0.717, 1.165) is 69.4 Å². The molecular weight excluding hydrogens is 522 g/mol. The third kappa shape index (κ3) is 3.99. The van der Waals surface area contributed by atoms with Gasteiger partial charge in [-0.2, -0.15) is 5.26 Å². The minimum Gasteiger partial charge on any atom is -0.493 e. The number of nitrogens with zero attached hydrogens (tertiary/aromatic N) is 3. The first kappa shape index (κ1) is 27.7. The van der Waals surface area contributed by atoms with Crippen LogP contribution in [0.3, 0.4) is 0 Å². The highest BCUT2D eigenvalue weighted by molar-refractivity contribution is 5.66. The zero-order valence-electron chi connectivity index (χ0n) is 24.8. The van der Waals surface area contributed by atoms with Gasteiger partial charge in [0.1, 0.15) is 18.4 Å². The topological polar surface area (TPSA) is 85.7 Å². The Morgan fingerprint density at radius 2 is 1.85 bits per heavy atom. The Morgan fingerprint density at radius 1 is 1.07 bits per heavy atom. The standard InChI is InChI=1S/C32H39N3O6/c1-8-10-38-29-18(4)30-32(41-16-40-30)26-20(29)13-23-27-25-19(11-17(3)28(37-7)31(25)39-15-36-6)12-22(34(27)5)24(14-33)35(23)21(26)9-2/h8,11,21-24,27H,1,9-10,12-13,15-16H2,2-7H3/t21-,22-,23?,24?,27-/m0/s1. The minimum atomic E-state index is -0.310. The van der Waals surface area contributed by atoms with Gasteiger partial charge in [-0.3, -0.25) is 9.80 Å². The number of aryl methyl sites for hydroxylation is 1. The summed E-state index contributed by atoms with van der Waals surface area (Å²) in [6.45, 7) is 10.8. The number of ether oxygens (including phenoxy) is 6. The molecule has 0 N–H and O–H groups in total. The molecule has 4 aliphatic rings. The third-order valence-electron chi connectivity index (χ3n) is 9.30. The Hall–Kier alpha value is -3.45. The average molecular weight is 562 g/mol. The normalized spacial score (nSPS) is 25.9. The molecule has 4 heterocycles. The van der Waals surface area contributed by atoms with E-state index in [1.54, 1.807) is 20.3 Å². The lowest BCUT2D eigenvalue weighted by atomic mass is 9.71. The van der Waals surface area contributed by atoms with E-state index in [1.807, 2.05) is 13.8 Å². The Kier molecular flexibility index (Phi) is 7.26. The second-order valence-electron chi connectivity index (χ2n) is 11.3. The molecule has 2 unspecified atom stereocenters. The second kappa shape index (κ2) is 10.8. The van der Waals surface area contributed by atoms with Crippen molar-refractivity contribution in [3.63, 3.8) is 0 Å². The van der Waals surface area contributed by atoms with Gasteiger partial charge in [-0.25, -0.2) is 0 Å². The predicted molar refractivity (Wildman–Crippen MR) is 153 cm³/mol. The van der Waals surface area contributed by atoms with E-state index in [0.29, 0.717) is 13.0 Å². The summed E-state index contributed by atoms with van der Waals surface area (Å²) in [5.41, 5.74) is 6.46. The predicted octanol–water partition coefficient (Wildman–Crippen LogP) is 4.77. The van der Waals surface area contributed by atoms with Gasteiger partial charge in [-0.05, 0) is 51.3 Å². The fourth-order valence-electron chi connectivity index (χ4n) is 7.81. The molecule has 0 spiro atoms. The molecule has 4 aliphatic heterocycles. The van der Waals surface area contributed by atoms with Crippen LogP contribution in [0.2, 0.25) is 0 Å². The van der Waals surface area contributed by atoms with E-state index in [2.05, 4.69) is 42.5 Å². The van der Waals surface area contributed by atoms with Crippen LogP contribution in [0.15, 0.2) is 18.7 Å². The van der Waals surface area contributed by atoms with Gasteiger partial charge in [0.15, 0.2) is 29.8 Å². The first-order chi connectivity index (χ1) is 19.9. The van der Waals surface area contributed by atoms with Gasteiger partial charge < -0.3 is 28.4 Å². The fourth-order valence-corrected chi connectivity index (χ4v) is 7.81. The van der Waals surface area contributed by atoms with Crippen LogP contribution < -0.4 is 23.7 Å². The third-order valence-corrected chi connectivity index (χ3v) is 9.30. The summed E-state index contributed by atoms with van der Waals surface area (Å²) in [6.07, 6.45) is 3.98. The average Bonchev–Trinajstić information content (AvgIpc) is 3.46. The summed E-state index contributed by atoms with van der Waals surface area (Å²) in [6, 6.07) is 4.51. The van der Waals surface area contributed by atoms with Crippen molar-refractivity contribution in [1.29, 1.82) is 5.26 Å². The smallest absolute Gasteiger partial charge is 0.231 e. The molecule has 1 saturated heterocycles. The van der Waals surface area contributed by atoms with Gasteiger partial charge in [-0.1, -0.05) is 25.6 Å². The summed E-state index contributed by atoms with van der Waals surface area (Å²) >= 11 is 0. The first-order valence-corrected chi connectivity index (χ1v) is 14.3. The number of likely N-dealkylation sites (N-methyl/N-ethyl adjacent to an activating group) is 1. The molecule has 5 atom stereocenters. The van der Waals surface area contributed by atoms with Crippen LogP contribution in [0, 0.1) is 25.2 Å². The molecule has 9 heteroatoms. The highest BCUT2D eigenvalue weighted by Gasteiger charge is 2.56. The molecule has 1 fully saturated rings. The maximum Gasteiger partial charge on any atom is 0.231 e. The number of fused-ring (bicyclic) bond motifs is 9. The van der Waals surface area contributed by atoms with Gasteiger partial charge in [0.2, 0.25) is 6.79 Å². The van der Waals surface area contributed by atoms with Crippen molar-refractivity contribution in [2.75, 3.05) is 41.5 Å². The van der Waals surface area contributed by atoms with Crippen molar-refractivity contribution in [1.82, 2.24) is 9.80 Å². The van der Waals surface area contributed by atoms with Crippen molar-refractivity contribution in [2.45, 2.75) is 70.2 Å². The Labute approximate surface area is 242 Å². The Morgan fingerprint density at radius 3 is 2.54 bits per heavy atom. The van der Waals surface area contributed by atoms with Crippen LogP contribution in [0.4, 0.5) is 0 Å². The molecule has 2 bridgehead atoms. The van der Waals surface area contributed by atoms with Crippen LogP contribution in [-0.4, -0.2) is 69.4 Å². The number of piperazine rings is 1. The monoisotopic (exact) mass is 561 g/mol. The van der Waals surface area contributed by atoms with E-state index < -0.39 is 0 Å². The minimum absolute atomic E-state index is 0.0135. The largest absolute Gasteiger partial charge is 0.493 e. The van der Waals surface area contributed by atoms with E-state index >= 15 is 0 Å². The fraction of sp³-hybridized carbons (Fsp3) is 0.531. The lowest BCUT2D eigenvalue weighted by Crippen LogP contribution is -2.68. The van der Waals surface area contributed by atoms with Gasteiger partial charge in [0.05, 0.1) is 19.2 Å². The van der Waals surface area contributed by atoms with Gasteiger partial charge in [0, 0.05) is 47.5 Å². The number of rotatable bonds is 8. The first-order valence-electron chi connectivity index (χ1n) is 14.3. The van der Waals surface area contributed by atoms with Crippen LogP contribution in [0.1, 0.15) is 58.8 Å². The number of methoxy groups -OCH3 is 2. The van der Waals surface area contributed by atoms with E-state index in [-0.39, 0.29) is 43.8 Å². The highest BCUT2D eigenvalue weighted by Crippen LogP contribution is 2.59. The zero-order chi connectivity index (χ0) is 29.0. The highest BCUT2D eigenvalue weighted by atomic mass is 16.7. The van der Waals surface area contributed by atoms with Crippen LogP contribution in [-0.2, 0) is 17.6 Å². The molecule has 6 rings (SSSR count). The van der Waals surface area contributed by atoms with Crippen LogP contribution in [0.25, 0.3) is 0 Å². The number of nitriles is 1. The Balaban J connectivity index is 1.60. The molecule has 0 aliphatic carbocycles. The molecule has 0 radical (unpaired) electrons. The van der Waals surface area contributed by atoms with Crippen LogP contribution >= 0.6 is 0 Å². The van der Waals surface area contributed by atoms with Gasteiger partial charge in [-0.15, -0.1) is 0 Å². The van der Waals surface area contributed by atoms with Crippen molar-refractivity contribution < 1.29 is 28.4 Å². The molecule has 2 aromatic rings. The van der Waals surface area contributed by atoms with Gasteiger partial charge >= 0.3 is 0 Å². The lowest BCUT2D eigenvalue weighted by Gasteiger charge is -2.60. The van der Waals surface area contributed by atoms with E-state index in [9.17, 15) is 5.26 Å². The van der Waals surface area contributed by atoms with Crippen molar-refractivity contribution in [2.24, 2.45) is 0 Å². The van der Waals surface area contributed by atoms with Crippen molar-refractivity contribution >= 4 is 0 Å². The summed E-state index contributed by atoms with van der Waals surface area (Å²) < 4.78 is 36.0. The molecule has 2 aromatic carbocycles. The summed E-state index contributed by atoms with van der Waals surface area (Å²) in [7, 11) is 5.45. The number of benzene rings is 2. The van der Waals surface area contributed by atoms with Crippen LogP contribution in [0.5, 0.6) is 28.7 Å². The Bertz CT molecular complexity index is 1420. The van der Waals surface area contributed by atoms with E-state index in [4.69, 9.17) is 28.4 Å². The quantitative estimate of drug-likeness (QED) is 0.334. The molecule has 9 nitrogen and oxygen atoms in total. The maximum atomic E-state index is 10.7. The molecular formula is C32H39N3O6. The molecule has 0 saturated carbocycles. The van der Waals surface area contributed by atoms with Gasteiger partial charge in [0.25, 0.3) is 0 Å². The van der Waals surface area contributed by atoms with E-state index in [1.165, 1.54) is 5.56 Å². The molecule has 0 aromatic heterocycles. The summed E-state index contributed by atoms with van der Waals surface area (Å²) in [4.78, 5) is 4.83. The number of hydrogen-bond acceptors (Lipinski definition) is 9. The van der Waals surface area contributed by atoms with Crippen molar-refractivity contribution in [3.05, 3.63) is 52.1 Å². The van der Waals surface area contributed by atoms with Crippen molar-refractivity contribution in [3.8, 4) is 34.8 Å². The molecule has 41 heavy (non-hydrogen) atoms. The zero-order valence-corrected chi connectivity index (χ0v) is 24.8. The number of hydrogen-bond donors (Lipinski definition) is 0.